The van der Waals surface area contributed by atoms with Gasteiger partial charge in [-0.2, -0.15) is 0 Å². The lowest BCUT2D eigenvalue weighted by Gasteiger charge is -2.27. The predicted molar refractivity (Wildman–Crippen MR) is 68.3 cm³/mol. The standard InChI is InChI=1S/C13H28N2O/c1-11(2)9-15(12-5-6-12)8-4-7-13(3,14)10-16/h11-12,16H,4-10,14H2,1-3H3. The van der Waals surface area contributed by atoms with Gasteiger partial charge in [0.05, 0.1) is 6.61 Å². The van der Waals surface area contributed by atoms with Crippen molar-refractivity contribution in [2.45, 2.75) is 58.0 Å². The summed E-state index contributed by atoms with van der Waals surface area (Å²) >= 11 is 0. The molecule has 3 nitrogen and oxygen atoms in total. The van der Waals surface area contributed by atoms with Gasteiger partial charge in [-0.25, -0.2) is 0 Å². The normalized spacial score (nSPS) is 20.4. The third-order valence-electron chi connectivity index (χ3n) is 3.22. The van der Waals surface area contributed by atoms with Crippen molar-refractivity contribution in [3.63, 3.8) is 0 Å². The number of rotatable bonds is 8. The van der Waals surface area contributed by atoms with Gasteiger partial charge in [0, 0.05) is 18.1 Å². The summed E-state index contributed by atoms with van der Waals surface area (Å²) in [6, 6.07) is 0.834. The van der Waals surface area contributed by atoms with Gasteiger partial charge in [-0.1, -0.05) is 13.8 Å². The van der Waals surface area contributed by atoms with Crippen LogP contribution in [0.25, 0.3) is 0 Å². The summed E-state index contributed by atoms with van der Waals surface area (Å²) in [4.78, 5) is 2.60. The molecule has 0 aromatic carbocycles. The Morgan fingerprint density at radius 2 is 2.06 bits per heavy atom. The summed E-state index contributed by atoms with van der Waals surface area (Å²) in [5, 5.41) is 9.09. The Balaban J connectivity index is 2.22. The maximum absolute atomic E-state index is 9.09. The lowest BCUT2D eigenvalue weighted by molar-refractivity contribution is 0.181. The van der Waals surface area contributed by atoms with Crippen molar-refractivity contribution in [1.82, 2.24) is 4.90 Å². The van der Waals surface area contributed by atoms with Crippen molar-refractivity contribution in [3.8, 4) is 0 Å². The smallest absolute Gasteiger partial charge is 0.0608 e. The molecular formula is C13H28N2O. The molecule has 96 valence electrons. The van der Waals surface area contributed by atoms with Crippen molar-refractivity contribution >= 4 is 0 Å². The highest BCUT2D eigenvalue weighted by Gasteiger charge is 2.29. The molecule has 1 fully saturated rings. The number of hydrogen-bond donors (Lipinski definition) is 2. The van der Waals surface area contributed by atoms with Gasteiger partial charge in [-0.05, 0) is 45.1 Å². The topological polar surface area (TPSA) is 49.5 Å². The molecule has 1 rings (SSSR count). The lowest BCUT2D eigenvalue weighted by atomic mass is 9.98. The van der Waals surface area contributed by atoms with Crippen LogP contribution >= 0.6 is 0 Å². The number of nitrogens with zero attached hydrogens (tertiary/aromatic N) is 1. The average Bonchev–Trinajstić information content (AvgIpc) is 2.98. The van der Waals surface area contributed by atoms with Gasteiger partial charge in [0.25, 0.3) is 0 Å². The van der Waals surface area contributed by atoms with E-state index in [1.54, 1.807) is 0 Å². The van der Waals surface area contributed by atoms with E-state index in [0.717, 1.165) is 31.3 Å². The fraction of sp³-hybridized carbons (Fsp3) is 1.00. The van der Waals surface area contributed by atoms with Gasteiger partial charge in [0.15, 0.2) is 0 Å². The van der Waals surface area contributed by atoms with E-state index in [2.05, 4.69) is 18.7 Å². The molecule has 0 aromatic heterocycles. The minimum atomic E-state index is -0.396. The number of aliphatic hydroxyl groups excluding tert-OH is 1. The number of hydrogen-bond acceptors (Lipinski definition) is 3. The summed E-state index contributed by atoms with van der Waals surface area (Å²) in [5.74, 6) is 0.739. The molecule has 1 aliphatic carbocycles. The van der Waals surface area contributed by atoms with Gasteiger partial charge < -0.3 is 15.7 Å². The van der Waals surface area contributed by atoms with Crippen molar-refractivity contribution in [2.24, 2.45) is 11.7 Å². The van der Waals surface area contributed by atoms with Gasteiger partial charge >= 0.3 is 0 Å². The maximum Gasteiger partial charge on any atom is 0.0608 e. The monoisotopic (exact) mass is 228 g/mol. The van der Waals surface area contributed by atoms with E-state index in [-0.39, 0.29) is 6.61 Å². The van der Waals surface area contributed by atoms with Gasteiger partial charge in [-0.3, -0.25) is 0 Å². The second-order valence-electron chi connectivity index (χ2n) is 6.04. The van der Waals surface area contributed by atoms with Crippen molar-refractivity contribution < 1.29 is 5.11 Å². The summed E-state index contributed by atoms with van der Waals surface area (Å²) in [6.45, 7) is 8.89. The largest absolute Gasteiger partial charge is 0.394 e. The summed E-state index contributed by atoms with van der Waals surface area (Å²) in [6.07, 6.45) is 4.74. The molecule has 1 unspecified atom stereocenters. The Labute approximate surface area is 100 Å². The molecule has 0 spiro atoms. The van der Waals surface area contributed by atoms with Gasteiger partial charge in [0.1, 0.15) is 0 Å². The van der Waals surface area contributed by atoms with Crippen LogP contribution in [-0.4, -0.2) is 41.3 Å². The van der Waals surface area contributed by atoms with E-state index in [1.165, 1.54) is 19.4 Å². The van der Waals surface area contributed by atoms with Crippen LogP contribution in [0.1, 0.15) is 46.5 Å². The Morgan fingerprint density at radius 1 is 1.44 bits per heavy atom. The van der Waals surface area contributed by atoms with E-state index in [0.29, 0.717) is 0 Å². The fourth-order valence-corrected chi connectivity index (χ4v) is 2.10. The summed E-state index contributed by atoms with van der Waals surface area (Å²) in [7, 11) is 0. The van der Waals surface area contributed by atoms with Crippen LogP contribution in [0.15, 0.2) is 0 Å². The van der Waals surface area contributed by atoms with E-state index in [1.807, 2.05) is 6.92 Å². The number of aliphatic hydroxyl groups is 1. The molecule has 1 aliphatic rings. The van der Waals surface area contributed by atoms with E-state index in [9.17, 15) is 0 Å². The first-order chi connectivity index (χ1) is 7.44. The molecule has 1 saturated carbocycles. The first kappa shape index (κ1) is 13.9. The second kappa shape index (κ2) is 5.99. The molecule has 16 heavy (non-hydrogen) atoms. The Bertz CT molecular complexity index is 200. The van der Waals surface area contributed by atoms with Gasteiger partial charge in [-0.15, -0.1) is 0 Å². The second-order valence-corrected chi connectivity index (χ2v) is 6.04. The van der Waals surface area contributed by atoms with E-state index in [4.69, 9.17) is 10.8 Å². The first-order valence-corrected chi connectivity index (χ1v) is 6.58. The number of nitrogens with two attached hydrogens (primary N) is 1. The minimum Gasteiger partial charge on any atom is -0.394 e. The average molecular weight is 228 g/mol. The molecule has 0 aromatic rings. The van der Waals surface area contributed by atoms with Crippen LogP contribution in [0.4, 0.5) is 0 Å². The SMILES string of the molecule is CC(C)CN(CCCC(C)(N)CO)C1CC1. The van der Waals surface area contributed by atoms with Crippen molar-refractivity contribution in [2.75, 3.05) is 19.7 Å². The minimum absolute atomic E-state index is 0.0839. The summed E-state index contributed by atoms with van der Waals surface area (Å²) in [5.41, 5.74) is 5.53. The van der Waals surface area contributed by atoms with Crippen LogP contribution in [-0.2, 0) is 0 Å². The highest BCUT2D eigenvalue weighted by Crippen LogP contribution is 2.28. The van der Waals surface area contributed by atoms with Crippen LogP contribution in [0.5, 0.6) is 0 Å². The summed E-state index contributed by atoms with van der Waals surface area (Å²) < 4.78 is 0. The van der Waals surface area contributed by atoms with Crippen LogP contribution in [0.2, 0.25) is 0 Å². The van der Waals surface area contributed by atoms with E-state index < -0.39 is 5.54 Å². The molecular weight excluding hydrogens is 200 g/mol. The third-order valence-corrected chi connectivity index (χ3v) is 3.22. The third kappa shape index (κ3) is 5.28. The van der Waals surface area contributed by atoms with Crippen LogP contribution < -0.4 is 5.73 Å². The van der Waals surface area contributed by atoms with Crippen LogP contribution in [0, 0.1) is 5.92 Å². The van der Waals surface area contributed by atoms with Crippen molar-refractivity contribution in [1.29, 1.82) is 0 Å². The fourth-order valence-electron chi connectivity index (χ4n) is 2.10. The van der Waals surface area contributed by atoms with Gasteiger partial charge in [0.2, 0.25) is 0 Å². The Morgan fingerprint density at radius 3 is 2.50 bits per heavy atom. The highest BCUT2D eigenvalue weighted by atomic mass is 16.3. The maximum atomic E-state index is 9.09. The molecule has 0 saturated heterocycles. The highest BCUT2D eigenvalue weighted by molar-refractivity contribution is 4.86. The molecule has 0 amide bonds. The van der Waals surface area contributed by atoms with Crippen molar-refractivity contribution in [3.05, 3.63) is 0 Å². The predicted octanol–water partition coefficient (Wildman–Crippen LogP) is 1.60. The quantitative estimate of drug-likeness (QED) is 0.663. The molecule has 0 bridgehead atoms. The zero-order valence-electron chi connectivity index (χ0n) is 11.1. The Hall–Kier alpha value is -0.120. The molecule has 1 atom stereocenters. The van der Waals surface area contributed by atoms with E-state index >= 15 is 0 Å². The molecule has 0 heterocycles. The first-order valence-electron chi connectivity index (χ1n) is 6.58. The molecule has 0 aliphatic heterocycles. The molecule has 3 N–H and O–H groups in total. The zero-order chi connectivity index (χ0) is 12.2. The lowest BCUT2D eigenvalue weighted by Crippen LogP contribution is -2.41. The Kier molecular flexibility index (Phi) is 5.22. The zero-order valence-corrected chi connectivity index (χ0v) is 11.1. The molecule has 0 radical (unpaired) electrons. The molecule has 3 heteroatoms. The van der Waals surface area contributed by atoms with Crippen LogP contribution in [0.3, 0.4) is 0 Å².